The van der Waals surface area contributed by atoms with Crippen molar-refractivity contribution in [2.75, 3.05) is 19.8 Å². The molecule has 0 aliphatic heterocycles. The molecular weight excluding hydrogens is 212 g/mol. The zero-order valence-electron chi connectivity index (χ0n) is 12.4. The molecule has 0 saturated heterocycles. The van der Waals surface area contributed by atoms with Crippen LogP contribution in [0.4, 0.5) is 0 Å². The summed E-state index contributed by atoms with van der Waals surface area (Å²) in [5, 5.41) is 0. The lowest BCUT2D eigenvalue weighted by atomic mass is 9.96. The second-order valence-corrected chi connectivity index (χ2v) is 5.98. The Kier molecular flexibility index (Phi) is 7.50. The molecular formula is C15H28O2. The molecule has 2 nitrogen and oxygen atoms in total. The summed E-state index contributed by atoms with van der Waals surface area (Å²) in [7, 11) is 0. The third-order valence-electron chi connectivity index (χ3n) is 2.14. The molecule has 0 spiro atoms. The van der Waals surface area contributed by atoms with Crippen molar-refractivity contribution in [3.8, 4) is 11.8 Å². The van der Waals surface area contributed by atoms with E-state index in [-0.39, 0.29) is 11.0 Å². The Morgan fingerprint density at radius 3 is 2.06 bits per heavy atom. The van der Waals surface area contributed by atoms with Crippen LogP contribution in [0.25, 0.3) is 0 Å². The standard InChI is InChI=1S/C15H28O2/c1-7-10-15(5,6)13-16-11-8-9-12-17-14(2,3)4/h8-9,11-13H2,1-6H3. The largest absolute Gasteiger partial charge is 0.380 e. The average molecular weight is 240 g/mol. The lowest BCUT2D eigenvalue weighted by Crippen LogP contribution is -2.20. The minimum Gasteiger partial charge on any atom is -0.380 e. The van der Waals surface area contributed by atoms with Gasteiger partial charge in [-0.25, -0.2) is 0 Å². The lowest BCUT2D eigenvalue weighted by Gasteiger charge is -2.20. The maximum absolute atomic E-state index is 5.64. The zero-order valence-corrected chi connectivity index (χ0v) is 12.4. The first kappa shape index (κ1) is 16.5. The van der Waals surface area contributed by atoms with Gasteiger partial charge in [0, 0.05) is 18.6 Å². The number of ether oxygens (including phenoxy) is 2. The van der Waals surface area contributed by atoms with E-state index in [0.29, 0.717) is 6.61 Å². The summed E-state index contributed by atoms with van der Waals surface area (Å²) in [4.78, 5) is 0. The molecule has 17 heavy (non-hydrogen) atoms. The Morgan fingerprint density at radius 1 is 0.941 bits per heavy atom. The summed E-state index contributed by atoms with van der Waals surface area (Å²) in [6.45, 7) is 14.6. The molecule has 0 saturated carbocycles. The Morgan fingerprint density at radius 2 is 1.53 bits per heavy atom. The third kappa shape index (κ3) is 11.7. The summed E-state index contributed by atoms with van der Waals surface area (Å²) in [5.41, 5.74) is -0.0593. The highest BCUT2D eigenvalue weighted by Gasteiger charge is 2.14. The summed E-state index contributed by atoms with van der Waals surface area (Å²) in [6.07, 6.45) is 2.10. The molecule has 0 aromatic heterocycles. The molecule has 0 aliphatic carbocycles. The van der Waals surface area contributed by atoms with Crippen molar-refractivity contribution in [2.45, 2.75) is 60.0 Å². The molecule has 0 radical (unpaired) electrons. The van der Waals surface area contributed by atoms with Crippen LogP contribution in [0.2, 0.25) is 0 Å². The predicted molar refractivity (Wildman–Crippen MR) is 73.0 cm³/mol. The summed E-state index contributed by atoms with van der Waals surface area (Å²) < 4.78 is 11.3. The Hall–Kier alpha value is -0.520. The molecule has 0 rings (SSSR count). The Bertz CT molecular complexity index is 250. The average Bonchev–Trinajstić information content (AvgIpc) is 2.14. The van der Waals surface area contributed by atoms with Gasteiger partial charge >= 0.3 is 0 Å². The van der Waals surface area contributed by atoms with E-state index in [1.165, 1.54) is 0 Å². The molecule has 0 fully saturated rings. The van der Waals surface area contributed by atoms with Crippen LogP contribution in [0.15, 0.2) is 0 Å². The summed E-state index contributed by atoms with van der Waals surface area (Å²) >= 11 is 0. The van der Waals surface area contributed by atoms with Crippen LogP contribution in [-0.2, 0) is 9.47 Å². The van der Waals surface area contributed by atoms with Crippen molar-refractivity contribution >= 4 is 0 Å². The zero-order chi connectivity index (χ0) is 13.4. The maximum atomic E-state index is 5.64. The molecule has 0 bridgehead atoms. The smallest absolute Gasteiger partial charge is 0.0626 e. The topological polar surface area (TPSA) is 18.5 Å². The van der Waals surface area contributed by atoms with Crippen molar-refractivity contribution in [3.63, 3.8) is 0 Å². The van der Waals surface area contributed by atoms with Gasteiger partial charge in [0.25, 0.3) is 0 Å². The normalized spacial score (nSPS) is 12.1. The number of hydrogen-bond acceptors (Lipinski definition) is 2. The van der Waals surface area contributed by atoms with E-state index in [4.69, 9.17) is 9.47 Å². The van der Waals surface area contributed by atoms with Crippen LogP contribution in [0.5, 0.6) is 0 Å². The van der Waals surface area contributed by atoms with Gasteiger partial charge in [0.1, 0.15) is 0 Å². The summed E-state index contributed by atoms with van der Waals surface area (Å²) in [6, 6.07) is 0. The van der Waals surface area contributed by atoms with Gasteiger partial charge in [-0.1, -0.05) is 5.92 Å². The first-order valence-corrected chi connectivity index (χ1v) is 6.42. The van der Waals surface area contributed by atoms with E-state index in [2.05, 4.69) is 46.5 Å². The van der Waals surface area contributed by atoms with E-state index < -0.39 is 0 Å². The molecule has 0 unspecified atom stereocenters. The van der Waals surface area contributed by atoms with Crippen LogP contribution in [0.3, 0.4) is 0 Å². The van der Waals surface area contributed by atoms with Crippen LogP contribution in [-0.4, -0.2) is 25.4 Å². The van der Waals surface area contributed by atoms with E-state index in [1.807, 2.05) is 6.92 Å². The molecule has 0 N–H and O–H groups in total. The third-order valence-corrected chi connectivity index (χ3v) is 2.14. The molecule has 0 aliphatic rings. The van der Waals surface area contributed by atoms with Gasteiger partial charge in [-0.3, -0.25) is 0 Å². The predicted octanol–water partition coefficient (Wildman–Crippen LogP) is 3.65. The minimum atomic E-state index is -0.0311. The van der Waals surface area contributed by atoms with Crippen molar-refractivity contribution in [2.24, 2.45) is 5.41 Å². The van der Waals surface area contributed by atoms with E-state index in [1.54, 1.807) is 0 Å². The van der Waals surface area contributed by atoms with Crippen LogP contribution in [0.1, 0.15) is 54.4 Å². The number of unbranched alkanes of at least 4 members (excludes halogenated alkanes) is 1. The highest BCUT2D eigenvalue weighted by Crippen LogP contribution is 2.14. The van der Waals surface area contributed by atoms with Gasteiger partial charge in [0.15, 0.2) is 0 Å². The highest BCUT2D eigenvalue weighted by atomic mass is 16.5. The maximum Gasteiger partial charge on any atom is 0.0626 e. The molecule has 100 valence electrons. The fraction of sp³-hybridized carbons (Fsp3) is 0.867. The van der Waals surface area contributed by atoms with Gasteiger partial charge in [0.2, 0.25) is 0 Å². The first-order chi connectivity index (χ1) is 7.77. The molecule has 0 aromatic rings. The summed E-state index contributed by atoms with van der Waals surface area (Å²) in [5.74, 6) is 6.08. The van der Waals surface area contributed by atoms with Crippen LogP contribution >= 0.6 is 0 Å². The number of rotatable bonds is 7. The van der Waals surface area contributed by atoms with Crippen molar-refractivity contribution in [1.82, 2.24) is 0 Å². The van der Waals surface area contributed by atoms with Crippen molar-refractivity contribution < 1.29 is 9.47 Å². The monoisotopic (exact) mass is 240 g/mol. The second-order valence-electron chi connectivity index (χ2n) is 5.98. The number of hydrogen-bond donors (Lipinski definition) is 0. The lowest BCUT2D eigenvalue weighted by molar-refractivity contribution is -0.00825. The van der Waals surface area contributed by atoms with Gasteiger partial charge < -0.3 is 9.47 Å². The van der Waals surface area contributed by atoms with Crippen LogP contribution in [0, 0.1) is 17.3 Å². The van der Waals surface area contributed by atoms with E-state index >= 15 is 0 Å². The molecule has 0 amide bonds. The molecule has 2 heteroatoms. The van der Waals surface area contributed by atoms with Gasteiger partial charge in [0.05, 0.1) is 12.2 Å². The Labute approximate surface area is 107 Å². The van der Waals surface area contributed by atoms with E-state index in [0.717, 1.165) is 26.1 Å². The highest BCUT2D eigenvalue weighted by molar-refractivity contribution is 5.06. The van der Waals surface area contributed by atoms with E-state index in [9.17, 15) is 0 Å². The fourth-order valence-corrected chi connectivity index (χ4v) is 1.39. The minimum absolute atomic E-state index is 0.0282. The van der Waals surface area contributed by atoms with Crippen molar-refractivity contribution in [1.29, 1.82) is 0 Å². The van der Waals surface area contributed by atoms with Gasteiger partial charge in [-0.05, 0) is 54.4 Å². The van der Waals surface area contributed by atoms with Crippen molar-refractivity contribution in [3.05, 3.63) is 0 Å². The quantitative estimate of drug-likeness (QED) is 0.499. The molecule has 0 heterocycles. The Balaban J connectivity index is 3.44. The molecule has 0 atom stereocenters. The fourth-order valence-electron chi connectivity index (χ4n) is 1.39. The SMILES string of the molecule is CC#CC(C)(C)COCCCCOC(C)(C)C. The molecule has 0 aromatic carbocycles. The first-order valence-electron chi connectivity index (χ1n) is 6.42. The van der Waals surface area contributed by atoms with Gasteiger partial charge in [-0.15, -0.1) is 5.92 Å². The second kappa shape index (κ2) is 7.74. The van der Waals surface area contributed by atoms with Crippen LogP contribution < -0.4 is 0 Å². The van der Waals surface area contributed by atoms with Gasteiger partial charge in [-0.2, -0.15) is 0 Å².